The van der Waals surface area contributed by atoms with Gasteiger partial charge in [-0.25, -0.2) is 0 Å². The predicted molar refractivity (Wildman–Crippen MR) is 155 cm³/mol. The Labute approximate surface area is 235 Å². The van der Waals surface area contributed by atoms with E-state index in [0.717, 1.165) is 12.1 Å². The molecule has 0 aliphatic rings. The molecule has 12 heteroatoms. The van der Waals surface area contributed by atoms with E-state index in [1.165, 1.54) is 0 Å². The van der Waals surface area contributed by atoms with Crippen LogP contribution in [0.1, 0.15) is 30.6 Å². The van der Waals surface area contributed by atoms with Crippen molar-refractivity contribution in [2.24, 2.45) is 0 Å². The van der Waals surface area contributed by atoms with Crippen LogP contribution in [0.25, 0.3) is 0 Å². The third-order valence-electron chi connectivity index (χ3n) is 5.73. The van der Waals surface area contributed by atoms with E-state index in [1.807, 2.05) is 36.4 Å². The highest BCUT2D eigenvalue weighted by atomic mass is 16.5. The van der Waals surface area contributed by atoms with Crippen molar-refractivity contribution < 1.29 is 23.7 Å². The fourth-order valence-electron chi connectivity index (χ4n) is 3.43. The molecule has 1 amide bonds. The average molecular weight is 554 g/mol. The van der Waals surface area contributed by atoms with Crippen LogP contribution in [0.4, 0.5) is 23.5 Å². The van der Waals surface area contributed by atoms with Crippen molar-refractivity contribution in [3.63, 3.8) is 0 Å². The van der Waals surface area contributed by atoms with Gasteiger partial charge in [0.15, 0.2) is 11.5 Å². The van der Waals surface area contributed by atoms with Gasteiger partial charge in [0, 0.05) is 36.4 Å². The first-order valence-corrected chi connectivity index (χ1v) is 13.3. The first-order chi connectivity index (χ1) is 19.5. The number of carbonyl (C=O) groups excluding carboxylic acids is 1. The molecule has 1 heterocycles. The molecule has 3 aromatic rings. The first-order valence-electron chi connectivity index (χ1n) is 13.3. The van der Waals surface area contributed by atoms with Crippen molar-refractivity contribution in [1.29, 1.82) is 0 Å². The summed E-state index contributed by atoms with van der Waals surface area (Å²) in [5.41, 5.74) is 1.37. The minimum atomic E-state index is -0.116. The third-order valence-corrected chi connectivity index (χ3v) is 5.73. The zero-order chi connectivity index (χ0) is 28.6. The monoisotopic (exact) mass is 553 g/mol. The van der Waals surface area contributed by atoms with Crippen molar-refractivity contribution in [2.45, 2.75) is 26.3 Å². The topological polar surface area (TPSA) is 141 Å². The highest BCUT2D eigenvalue weighted by Gasteiger charge is 2.11. The van der Waals surface area contributed by atoms with Crippen molar-refractivity contribution in [2.75, 3.05) is 69.7 Å². The molecule has 1 unspecified atom stereocenters. The Bertz CT molecular complexity index is 1180. The van der Waals surface area contributed by atoms with Crippen LogP contribution in [-0.2, 0) is 9.47 Å². The molecule has 216 valence electrons. The second-order valence-corrected chi connectivity index (χ2v) is 8.73. The Kier molecular flexibility index (Phi) is 12.7. The number of hydrogen-bond acceptors (Lipinski definition) is 11. The Morgan fingerprint density at radius 3 is 2.20 bits per heavy atom. The Hall–Kier alpha value is -4.16. The van der Waals surface area contributed by atoms with E-state index in [9.17, 15) is 4.79 Å². The van der Waals surface area contributed by atoms with Gasteiger partial charge in [0.1, 0.15) is 0 Å². The number of amides is 1. The van der Waals surface area contributed by atoms with Gasteiger partial charge in [-0.2, -0.15) is 15.0 Å². The molecule has 3 rings (SSSR count). The summed E-state index contributed by atoms with van der Waals surface area (Å²) in [6, 6.07) is 14.7. The van der Waals surface area contributed by atoms with Gasteiger partial charge in [0.2, 0.25) is 17.8 Å². The SMILES string of the molecule is CCC(C)Nc1nc(NCCOCCOCCNC(=O)c2ccccc2)nc(Nc2ccc(OC)c(OC)c2)n1. The van der Waals surface area contributed by atoms with E-state index in [4.69, 9.17) is 18.9 Å². The largest absolute Gasteiger partial charge is 0.493 e. The molecule has 40 heavy (non-hydrogen) atoms. The molecule has 0 radical (unpaired) electrons. The summed E-state index contributed by atoms with van der Waals surface area (Å²) in [5, 5.41) is 12.5. The molecular formula is C28H39N7O5. The van der Waals surface area contributed by atoms with Crippen molar-refractivity contribution in [3.8, 4) is 11.5 Å². The number of aromatic nitrogens is 3. The van der Waals surface area contributed by atoms with Gasteiger partial charge in [-0.05, 0) is 37.6 Å². The van der Waals surface area contributed by atoms with E-state index in [2.05, 4.69) is 50.1 Å². The van der Waals surface area contributed by atoms with Crippen molar-refractivity contribution in [3.05, 3.63) is 54.1 Å². The maximum absolute atomic E-state index is 12.0. The number of nitrogens with zero attached hydrogens (tertiary/aromatic N) is 3. The fourth-order valence-corrected chi connectivity index (χ4v) is 3.43. The van der Waals surface area contributed by atoms with Crippen LogP contribution in [0.15, 0.2) is 48.5 Å². The lowest BCUT2D eigenvalue weighted by molar-refractivity contribution is 0.0519. The van der Waals surface area contributed by atoms with Gasteiger partial charge in [-0.3, -0.25) is 4.79 Å². The predicted octanol–water partition coefficient (Wildman–Crippen LogP) is 3.72. The fraction of sp³-hybridized carbons (Fsp3) is 0.429. The average Bonchev–Trinajstić information content (AvgIpc) is 2.98. The number of rotatable bonds is 18. The van der Waals surface area contributed by atoms with E-state index in [1.54, 1.807) is 26.4 Å². The van der Waals surface area contributed by atoms with E-state index >= 15 is 0 Å². The summed E-state index contributed by atoms with van der Waals surface area (Å²) in [6.45, 7) is 6.78. The summed E-state index contributed by atoms with van der Waals surface area (Å²) in [4.78, 5) is 25.5. The van der Waals surface area contributed by atoms with Crippen LogP contribution in [0.5, 0.6) is 11.5 Å². The van der Waals surface area contributed by atoms with Crippen LogP contribution in [0.2, 0.25) is 0 Å². The van der Waals surface area contributed by atoms with Gasteiger partial charge in [-0.1, -0.05) is 25.1 Å². The summed E-state index contributed by atoms with van der Waals surface area (Å²) in [5.74, 6) is 2.36. The second kappa shape index (κ2) is 16.7. The molecule has 1 aromatic heterocycles. The number of carbonyl (C=O) groups is 1. The van der Waals surface area contributed by atoms with Crippen LogP contribution < -0.4 is 30.7 Å². The van der Waals surface area contributed by atoms with Crippen LogP contribution in [0, 0.1) is 0 Å². The molecular weight excluding hydrogens is 514 g/mol. The summed E-state index contributed by atoms with van der Waals surface area (Å²) in [7, 11) is 3.18. The minimum absolute atomic E-state index is 0.116. The zero-order valence-corrected chi connectivity index (χ0v) is 23.5. The Morgan fingerprint density at radius 1 is 0.825 bits per heavy atom. The van der Waals surface area contributed by atoms with Crippen molar-refractivity contribution in [1.82, 2.24) is 20.3 Å². The minimum Gasteiger partial charge on any atom is -0.493 e. The third kappa shape index (κ3) is 10.2. The first kappa shape index (κ1) is 30.4. The molecule has 4 N–H and O–H groups in total. The maximum atomic E-state index is 12.0. The van der Waals surface area contributed by atoms with Gasteiger partial charge >= 0.3 is 0 Å². The van der Waals surface area contributed by atoms with E-state index in [-0.39, 0.29) is 11.9 Å². The quantitative estimate of drug-likeness (QED) is 0.171. The number of anilines is 4. The van der Waals surface area contributed by atoms with E-state index in [0.29, 0.717) is 74.4 Å². The molecule has 0 bridgehead atoms. The normalized spacial score (nSPS) is 11.4. The van der Waals surface area contributed by atoms with E-state index < -0.39 is 0 Å². The van der Waals surface area contributed by atoms with Gasteiger partial charge < -0.3 is 40.2 Å². The lowest BCUT2D eigenvalue weighted by Crippen LogP contribution is -2.27. The number of hydrogen-bond donors (Lipinski definition) is 4. The number of methoxy groups -OCH3 is 2. The molecule has 0 saturated carbocycles. The number of ether oxygens (including phenoxy) is 4. The zero-order valence-electron chi connectivity index (χ0n) is 23.5. The van der Waals surface area contributed by atoms with Crippen molar-refractivity contribution >= 4 is 29.4 Å². The molecule has 1 atom stereocenters. The highest BCUT2D eigenvalue weighted by molar-refractivity contribution is 5.94. The lowest BCUT2D eigenvalue weighted by atomic mass is 10.2. The molecule has 12 nitrogen and oxygen atoms in total. The molecule has 0 aliphatic heterocycles. The summed E-state index contributed by atoms with van der Waals surface area (Å²) < 4.78 is 21.9. The van der Waals surface area contributed by atoms with Gasteiger partial charge in [0.25, 0.3) is 5.91 Å². The summed E-state index contributed by atoms with van der Waals surface area (Å²) >= 11 is 0. The maximum Gasteiger partial charge on any atom is 0.251 e. The summed E-state index contributed by atoms with van der Waals surface area (Å²) in [6.07, 6.45) is 0.919. The molecule has 2 aromatic carbocycles. The van der Waals surface area contributed by atoms with Crippen LogP contribution in [-0.4, -0.2) is 80.6 Å². The standard InChI is InChI=1S/C28H39N7O5/c1-5-20(2)31-27-33-26(34-28(35-27)32-22-11-12-23(37-3)24(19-22)38-4)30-14-16-40-18-17-39-15-13-29-25(36)21-9-7-6-8-10-21/h6-12,19-20H,5,13-18H2,1-4H3,(H,29,36)(H3,30,31,32,33,34,35). The van der Waals surface area contributed by atoms with Gasteiger partial charge in [0.05, 0.1) is 40.6 Å². The van der Waals surface area contributed by atoms with Crippen LogP contribution >= 0.6 is 0 Å². The second-order valence-electron chi connectivity index (χ2n) is 8.73. The molecule has 0 aliphatic carbocycles. The molecule has 0 saturated heterocycles. The smallest absolute Gasteiger partial charge is 0.251 e. The Balaban J connectivity index is 1.42. The Morgan fingerprint density at radius 2 is 1.50 bits per heavy atom. The molecule has 0 fully saturated rings. The van der Waals surface area contributed by atoms with Crippen LogP contribution in [0.3, 0.4) is 0 Å². The highest BCUT2D eigenvalue weighted by Crippen LogP contribution is 2.30. The lowest BCUT2D eigenvalue weighted by Gasteiger charge is -2.15. The van der Waals surface area contributed by atoms with Gasteiger partial charge in [-0.15, -0.1) is 0 Å². The number of benzene rings is 2. The number of nitrogens with one attached hydrogen (secondary N) is 4. The molecule has 0 spiro atoms.